The van der Waals surface area contributed by atoms with E-state index in [2.05, 4.69) is 27.1 Å². The fourth-order valence-corrected chi connectivity index (χ4v) is 5.20. The first-order valence-electron chi connectivity index (χ1n) is 10.8. The van der Waals surface area contributed by atoms with Gasteiger partial charge in [-0.2, -0.15) is 0 Å². The predicted octanol–water partition coefficient (Wildman–Crippen LogP) is 4.49. The van der Waals surface area contributed by atoms with Gasteiger partial charge in [0, 0.05) is 48.7 Å². The molecule has 3 aromatic rings. The number of benzene rings is 1. The number of aromatic amines is 1. The van der Waals surface area contributed by atoms with E-state index in [4.69, 9.17) is 9.47 Å². The van der Waals surface area contributed by atoms with Crippen LogP contribution in [0.15, 0.2) is 61.1 Å². The number of nitrogens with one attached hydrogen (secondary N) is 1. The van der Waals surface area contributed by atoms with E-state index in [1.54, 1.807) is 0 Å². The molecule has 0 aliphatic carbocycles. The summed E-state index contributed by atoms with van der Waals surface area (Å²) in [7, 11) is 0. The van der Waals surface area contributed by atoms with Gasteiger partial charge < -0.3 is 14.5 Å². The SMILES string of the molecule is Fc1ccc(-c2[nH]cc(C3=CC4CC5(CN4CC3)OCCO5)c2-c2ccncc2)cc1. The summed E-state index contributed by atoms with van der Waals surface area (Å²) in [6.45, 7) is 3.19. The van der Waals surface area contributed by atoms with Crippen LogP contribution in [0.4, 0.5) is 4.39 Å². The minimum absolute atomic E-state index is 0.234. The summed E-state index contributed by atoms with van der Waals surface area (Å²) in [5, 5.41) is 0. The predicted molar refractivity (Wildman–Crippen MR) is 117 cm³/mol. The molecule has 1 aromatic carbocycles. The molecule has 1 unspecified atom stereocenters. The second-order valence-electron chi connectivity index (χ2n) is 8.49. The highest BCUT2D eigenvalue weighted by Gasteiger charge is 2.48. The lowest BCUT2D eigenvalue weighted by atomic mass is 9.90. The van der Waals surface area contributed by atoms with Crippen LogP contribution in [0.3, 0.4) is 0 Å². The highest BCUT2D eigenvalue weighted by atomic mass is 19.1. The maximum Gasteiger partial charge on any atom is 0.183 e. The Labute approximate surface area is 180 Å². The first-order chi connectivity index (χ1) is 15.2. The molecule has 2 aromatic heterocycles. The van der Waals surface area contributed by atoms with Crippen LogP contribution in [0.1, 0.15) is 18.4 Å². The molecular formula is C25H24FN3O2. The van der Waals surface area contributed by atoms with E-state index in [0.717, 1.165) is 48.3 Å². The summed E-state index contributed by atoms with van der Waals surface area (Å²) in [5.41, 5.74) is 6.71. The number of hydrogen-bond donors (Lipinski definition) is 1. The summed E-state index contributed by atoms with van der Waals surface area (Å²) in [4.78, 5) is 10.1. The molecule has 0 amide bonds. The van der Waals surface area contributed by atoms with E-state index in [1.807, 2.05) is 36.7 Å². The molecular weight excluding hydrogens is 393 g/mol. The smallest absolute Gasteiger partial charge is 0.183 e. The number of halogens is 1. The Bertz CT molecular complexity index is 1120. The number of nitrogens with zero attached hydrogens (tertiary/aromatic N) is 2. The summed E-state index contributed by atoms with van der Waals surface area (Å²) >= 11 is 0. The highest BCUT2D eigenvalue weighted by Crippen LogP contribution is 2.43. The average Bonchev–Trinajstić information content (AvgIpc) is 3.52. The number of hydrogen-bond acceptors (Lipinski definition) is 4. The van der Waals surface area contributed by atoms with Crippen LogP contribution in [-0.2, 0) is 9.47 Å². The van der Waals surface area contributed by atoms with Crippen LogP contribution in [0.25, 0.3) is 28.0 Å². The molecule has 1 spiro atoms. The number of pyridine rings is 1. The van der Waals surface area contributed by atoms with Gasteiger partial charge in [0.05, 0.1) is 25.5 Å². The van der Waals surface area contributed by atoms with Crippen molar-refractivity contribution in [3.8, 4) is 22.4 Å². The Morgan fingerprint density at radius 1 is 1.03 bits per heavy atom. The zero-order chi connectivity index (χ0) is 20.8. The van der Waals surface area contributed by atoms with Crippen LogP contribution in [0.5, 0.6) is 0 Å². The number of rotatable bonds is 3. The molecule has 158 valence electrons. The van der Waals surface area contributed by atoms with Crippen molar-refractivity contribution in [3.05, 3.63) is 72.4 Å². The van der Waals surface area contributed by atoms with Crippen LogP contribution in [-0.4, -0.2) is 53.0 Å². The molecule has 6 heteroatoms. The van der Waals surface area contributed by atoms with E-state index in [9.17, 15) is 4.39 Å². The van der Waals surface area contributed by atoms with E-state index in [0.29, 0.717) is 19.3 Å². The molecule has 2 fully saturated rings. The third kappa shape index (κ3) is 3.31. The molecule has 0 radical (unpaired) electrons. The molecule has 6 rings (SSSR count). The van der Waals surface area contributed by atoms with Gasteiger partial charge in [-0.05, 0) is 59.5 Å². The van der Waals surface area contributed by atoms with Gasteiger partial charge >= 0.3 is 0 Å². The first kappa shape index (κ1) is 18.9. The van der Waals surface area contributed by atoms with Crippen LogP contribution in [0, 0.1) is 5.82 Å². The average molecular weight is 417 g/mol. The summed E-state index contributed by atoms with van der Waals surface area (Å²) in [6, 6.07) is 11.0. The molecule has 5 nitrogen and oxygen atoms in total. The Kier molecular flexibility index (Phi) is 4.52. The minimum atomic E-state index is -0.429. The summed E-state index contributed by atoms with van der Waals surface area (Å²) in [6.07, 6.45) is 9.93. The molecule has 2 saturated heterocycles. The molecule has 0 saturated carbocycles. The fourth-order valence-electron chi connectivity index (χ4n) is 5.20. The first-order valence-corrected chi connectivity index (χ1v) is 10.8. The zero-order valence-corrected chi connectivity index (χ0v) is 17.2. The number of fused-ring (bicyclic) bond motifs is 1. The normalized spacial score (nSPS) is 22.6. The molecule has 0 bridgehead atoms. The van der Waals surface area contributed by atoms with E-state index < -0.39 is 5.79 Å². The standard InChI is InChI=1S/C25H24FN3O2/c26-20-3-1-18(2-4-20)24-23(17-5-8-27-9-6-17)22(15-28-24)19-7-10-29-16-25(14-21(29)13-19)30-11-12-31-25/h1-6,8-9,13,15,21,28H,7,10-12,14,16H2. The third-order valence-electron chi connectivity index (χ3n) is 6.64. The quantitative estimate of drug-likeness (QED) is 0.682. The Morgan fingerprint density at radius 3 is 2.58 bits per heavy atom. The lowest BCUT2D eigenvalue weighted by molar-refractivity contribution is -0.145. The maximum absolute atomic E-state index is 13.5. The molecule has 3 aliphatic rings. The van der Waals surface area contributed by atoms with E-state index in [-0.39, 0.29) is 5.82 Å². The number of H-pyrrole nitrogens is 1. The molecule has 31 heavy (non-hydrogen) atoms. The monoisotopic (exact) mass is 417 g/mol. The summed E-state index contributed by atoms with van der Waals surface area (Å²) < 4.78 is 25.4. The van der Waals surface area contributed by atoms with E-state index >= 15 is 0 Å². The van der Waals surface area contributed by atoms with Gasteiger partial charge in [0.2, 0.25) is 0 Å². The topological polar surface area (TPSA) is 50.4 Å². The van der Waals surface area contributed by atoms with Gasteiger partial charge in [0.15, 0.2) is 5.79 Å². The maximum atomic E-state index is 13.5. The van der Waals surface area contributed by atoms with E-state index in [1.165, 1.54) is 23.3 Å². The summed E-state index contributed by atoms with van der Waals surface area (Å²) in [5.74, 6) is -0.662. The van der Waals surface area contributed by atoms with Crippen molar-refractivity contribution >= 4 is 5.57 Å². The second-order valence-corrected chi connectivity index (χ2v) is 8.49. The molecule has 1 atom stereocenters. The van der Waals surface area contributed by atoms with Gasteiger partial charge in [0.25, 0.3) is 0 Å². The second kappa shape index (κ2) is 7.41. The van der Waals surface area contributed by atoms with Crippen molar-refractivity contribution in [2.45, 2.75) is 24.7 Å². The van der Waals surface area contributed by atoms with Gasteiger partial charge in [-0.15, -0.1) is 0 Å². The van der Waals surface area contributed by atoms with Gasteiger partial charge in [0.1, 0.15) is 5.82 Å². The zero-order valence-electron chi connectivity index (χ0n) is 17.2. The Morgan fingerprint density at radius 2 is 1.81 bits per heavy atom. The molecule has 5 heterocycles. The van der Waals surface area contributed by atoms with Crippen LogP contribution in [0.2, 0.25) is 0 Å². The van der Waals surface area contributed by atoms with Gasteiger partial charge in [-0.1, -0.05) is 6.08 Å². The molecule has 3 aliphatic heterocycles. The lowest BCUT2D eigenvalue weighted by Crippen LogP contribution is -2.36. The fraction of sp³-hybridized carbons (Fsp3) is 0.320. The molecule has 1 N–H and O–H groups in total. The minimum Gasteiger partial charge on any atom is -0.360 e. The Hall–Kier alpha value is -2.80. The van der Waals surface area contributed by atoms with Crippen molar-refractivity contribution in [2.24, 2.45) is 0 Å². The highest BCUT2D eigenvalue weighted by molar-refractivity contribution is 5.91. The lowest BCUT2D eigenvalue weighted by Gasteiger charge is -2.28. The van der Waals surface area contributed by atoms with Gasteiger partial charge in [-0.3, -0.25) is 9.88 Å². The van der Waals surface area contributed by atoms with Crippen molar-refractivity contribution in [2.75, 3.05) is 26.3 Å². The third-order valence-corrected chi connectivity index (χ3v) is 6.64. The van der Waals surface area contributed by atoms with Crippen molar-refractivity contribution in [1.29, 1.82) is 0 Å². The number of ether oxygens (including phenoxy) is 2. The van der Waals surface area contributed by atoms with Crippen LogP contribution < -0.4 is 0 Å². The number of aromatic nitrogens is 2. The van der Waals surface area contributed by atoms with Crippen LogP contribution >= 0.6 is 0 Å². The van der Waals surface area contributed by atoms with Crippen molar-refractivity contribution in [1.82, 2.24) is 14.9 Å². The van der Waals surface area contributed by atoms with Gasteiger partial charge in [-0.25, -0.2) is 4.39 Å². The Balaban J connectivity index is 1.42. The van der Waals surface area contributed by atoms with Crippen molar-refractivity contribution in [3.63, 3.8) is 0 Å². The largest absolute Gasteiger partial charge is 0.360 e. The van der Waals surface area contributed by atoms with Crippen molar-refractivity contribution < 1.29 is 13.9 Å².